The Bertz CT molecular complexity index is 1530. The van der Waals surface area contributed by atoms with Crippen molar-refractivity contribution in [1.29, 1.82) is 0 Å². The van der Waals surface area contributed by atoms with Crippen molar-refractivity contribution < 1.29 is 0 Å². The summed E-state index contributed by atoms with van der Waals surface area (Å²) in [6.45, 7) is 2.33. The van der Waals surface area contributed by atoms with Gasteiger partial charge in [0.15, 0.2) is 0 Å². The molecule has 4 aromatic rings. The number of fused-ring (bicyclic) bond motifs is 6. The highest BCUT2D eigenvalue weighted by Crippen LogP contribution is 2.40. The Morgan fingerprint density at radius 1 is 0.939 bits per heavy atom. The van der Waals surface area contributed by atoms with Gasteiger partial charge in [0, 0.05) is 50.8 Å². The monoisotopic (exact) mass is 428 g/mol. The van der Waals surface area contributed by atoms with Crippen LogP contribution in [0.1, 0.15) is 66.1 Å². The molecule has 2 aromatic carbocycles. The summed E-state index contributed by atoms with van der Waals surface area (Å²) < 4.78 is 2.47. The minimum Gasteiger partial charge on any atom is -0.361 e. The van der Waals surface area contributed by atoms with E-state index in [1.54, 1.807) is 0 Å². The zero-order valence-electron chi connectivity index (χ0n) is 19.0. The predicted molar refractivity (Wildman–Crippen MR) is 140 cm³/mol. The molecule has 0 spiro atoms. The van der Waals surface area contributed by atoms with E-state index >= 15 is 0 Å². The van der Waals surface area contributed by atoms with Crippen LogP contribution in [0.5, 0.6) is 0 Å². The second-order valence-corrected chi connectivity index (χ2v) is 9.81. The number of allylic oxidation sites excluding steroid dienone is 6. The first kappa shape index (κ1) is 19.0. The Labute approximate surface area is 194 Å². The van der Waals surface area contributed by atoms with Gasteiger partial charge in [-0.25, -0.2) is 0 Å². The van der Waals surface area contributed by atoms with Crippen molar-refractivity contribution in [3.8, 4) is 0 Å². The molecule has 2 aromatic heterocycles. The highest BCUT2D eigenvalue weighted by molar-refractivity contribution is 6.10. The summed E-state index contributed by atoms with van der Waals surface area (Å²) in [5.74, 6) is 0.981. The van der Waals surface area contributed by atoms with Crippen molar-refractivity contribution in [3.63, 3.8) is 0 Å². The van der Waals surface area contributed by atoms with E-state index in [1.165, 1.54) is 55.6 Å². The molecule has 2 atom stereocenters. The van der Waals surface area contributed by atoms with E-state index in [-0.39, 0.29) is 0 Å². The molecule has 7 rings (SSSR count). The zero-order valence-corrected chi connectivity index (χ0v) is 19.0. The molecule has 0 amide bonds. The van der Waals surface area contributed by atoms with Gasteiger partial charge < -0.3 is 9.55 Å². The van der Waals surface area contributed by atoms with E-state index in [0.29, 0.717) is 11.8 Å². The Hall–Kier alpha value is -3.52. The maximum atomic E-state index is 3.80. The number of H-pyrrole nitrogens is 1. The number of hydrogen-bond acceptors (Lipinski definition) is 0. The van der Waals surface area contributed by atoms with Crippen LogP contribution in [0.15, 0.2) is 72.8 Å². The van der Waals surface area contributed by atoms with Gasteiger partial charge in [-0.2, -0.15) is 0 Å². The highest BCUT2D eigenvalue weighted by Gasteiger charge is 2.25. The molecule has 162 valence electrons. The van der Waals surface area contributed by atoms with Gasteiger partial charge in [0.05, 0.1) is 11.0 Å². The van der Waals surface area contributed by atoms with Gasteiger partial charge in [0.2, 0.25) is 0 Å². The zero-order chi connectivity index (χ0) is 21.9. The third-order valence-corrected chi connectivity index (χ3v) is 7.78. The quantitative estimate of drug-likeness (QED) is 0.332. The van der Waals surface area contributed by atoms with Crippen LogP contribution < -0.4 is 0 Å². The van der Waals surface area contributed by atoms with Crippen molar-refractivity contribution in [3.05, 3.63) is 101 Å². The lowest BCUT2D eigenvalue weighted by Gasteiger charge is -2.18. The van der Waals surface area contributed by atoms with Crippen molar-refractivity contribution in [1.82, 2.24) is 9.55 Å². The lowest BCUT2D eigenvalue weighted by Crippen LogP contribution is -2.05. The number of aromatic amines is 1. The summed E-state index contributed by atoms with van der Waals surface area (Å²) in [4.78, 5) is 3.80. The summed E-state index contributed by atoms with van der Waals surface area (Å²) in [6.07, 6.45) is 20.5. The van der Waals surface area contributed by atoms with Crippen molar-refractivity contribution in [2.75, 3.05) is 0 Å². The maximum absolute atomic E-state index is 3.80. The molecule has 2 unspecified atom stereocenters. The average molecular weight is 429 g/mol. The molecular weight excluding hydrogens is 400 g/mol. The van der Waals surface area contributed by atoms with Gasteiger partial charge in [0.25, 0.3) is 0 Å². The number of benzene rings is 2. The van der Waals surface area contributed by atoms with Crippen LogP contribution in [0.25, 0.3) is 39.7 Å². The van der Waals surface area contributed by atoms with Crippen LogP contribution >= 0.6 is 0 Å². The molecule has 0 fully saturated rings. The molecule has 3 aliphatic rings. The minimum atomic E-state index is 0.403. The van der Waals surface area contributed by atoms with Gasteiger partial charge >= 0.3 is 0 Å². The molecular formula is C31H28N2. The Morgan fingerprint density at radius 2 is 1.85 bits per heavy atom. The Kier molecular flexibility index (Phi) is 4.17. The fourth-order valence-corrected chi connectivity index (χ4v) is 6.07. The van der Waals surface area contributed by atoms with Crippen molar-refractivity contribution in [2.45, 2.75) is 44.4 Å². The normalized spacial score (nSPS) is 21.4. The highest BCUT2D eigenvalue weighted by atomic mass is 15.0. The molecule has 0 bridgehead atoms. The summed E-state index contributed by atoms with van der Waals surface area (Å²) in [5.41, 5.74) is 11.0. The van der Waals surface area contributed by atoms with Crippen molar-refractivity contribution >= 4 is 39.7 Å². The molecule has 33 heavy (non-hydrogen) atoms. The molecule has 3 aliphatic carbocycles. The first-order valence-corrected chi connectivity index (χ1v) is 12.3. The maximum Gasteiger partial charge on any atom is 0.0538 e. The molecule has 2 heterocycles. The fraction of sp³-hybridized carbons (Fsp3) is 0.226. The number of nitrogens with one attached hydrogen (secondary N) is 1. The lowest BCUT2D eigenvalue weighted by molar-refractivity contribution is 0.735. The van der Waals surface area contributed by atoms with Crippen LogP contribution in [0.2, 0.25) is 0 Å². The van der Waals surface area contributed by atoms with E-state index in [1.807, 2.05) is 0 Å². The molecule has 0 saturated heterocycles. The van der Waals surface area contributed by atoms with Crippen molar-refractivity contribution in [2.24, 2.45) is 0 Å². The smallest absolute Gasteiger partial charge is 0.0538 e. The molecule has 2 heteroatoms. The van der Waals surface area contributed by atoms with E-state index < -0.39 is 0 Å². The van der Waals surface area contributed by atoms with E-state index in [2.05, 4.69) is 101 Å². The first-order valence-electron chi connectivity index (χ1n) is 12.3. The Balaban J connectivity index is 1.33. The number of para-hydroxylation sites is 1. The van der Waals surface area contributed by atoms with Crippen LogP contribution in [0, 0.1) is 0 Å². The SMILES string of the molecule is CC1CC=Cc2c1[nH]c1c2C=CC(c2ccc3c(c2)c2ccccc2n3C2=CC=CCC2)C1. The summed E-state index contributed by atoms with van der Waals surface area (Å²) in [5, 5.41) is 2.71. The molecule has 0 aliphatic heterocycles. The van der Waals surface area contributed by atoms with E-state index in [4.69, 9.17) is 0 Å². The molecule has 2 nitrogen and oxygen atoms in total. The van der Waals surface area contributed by atoms with E-state index in [0.717, 1.165) is 25.7 Å². The summed E-state index contributed by atoms with van der Waals surface area (Å²) >= 11 is 0. The first-order chi connectivity index (χ1) is 16.3. The number of hydrogen-bond donors (Lipinski definition) is 1. The van der Waals surface area contributed by atoms with Crippen LogP contribution in [0.4, 0.5) is 0 Å². The number of rotatable bonds is 2. The fourth-order valence-electron chi connectivity index (χ4n) is 6.07. The molecule has 1 N–H and O–H groups in total. The van der Waals surface area contributed by atoms with Crippen LogP contribution in [-0.4, -0.2) is 9.55 Å². The van der Waals surface area contributed by atoms with Gasteiger partial charge in [-0.15, -0.1) is 0 Å². The standard InChI is InChI=1S/C31H28N2/c1-20-8-7-12-26-24-16-14-22(19-28(24)32-31(20)26)21-15-17-30-27(18-21)25-11-5-6-13-29(25)33(30)23-9-3-2-4-10-23/h2-3,5-7,9,11-18,20,22,32H,4,8,10,19H2,1H3. The van der Waals surface area contributed by atoms with E-state index in [9.17, 15) is 0 Å². The number of aromatic nitrogens is 2. The lowest BCUT2D eigenvalue weighted by atomic mass is 9.86. The van der Waals surface area contributed by atoms with Gasteiger partial charge in [-0.05, 0) is 55.5 Å². The number of nitrogens with zero attached hydrogens (tertiary/aromatic N) is 1. The van der Waals surface area contributed by atoms with Gasteiger partial charge in [-0.3, -0.25) is 0 Å². The third kappa shape index (κ3) is 2.87. The second kappa shape index (κ2) is 7.25. The van der Waals surface area contributed by atoms with Gasteiger partial charge in [-0.1, -0.05) is 67.6 Å². The topological polar surface area (TPSA) is 20.7 Å². The Morgan fingerprint density at radius 3 is 2.76 bits per heavy atom. The van der Waals surface area contributed by atoms with Crippen LogP contribution in [0.3, 0.4) is 0 Å². The second-order valence-electron chi connectivity index (χ2n) is 9.81. The molecule has 0 radical (unpaired) electrons. The largest absolute Gasteiger partial charge is 0.361 e. The van der Waals surface area contributed by atoms with Crippen LogP contribution in [-0.2, 0) is 6.42 Å². The molecule has 0 saturated carbocycles. The summed E-state index contributed by atoms with van der Waals surface area (Å²) in [6, 6.07) is 16.0. The summed E-state index contributed by atoms with van der Waals surface area (Å²) in [7, 11) is 0. The third-order valence-electron chi connectivity index (χ3n) is 7.78. The average Bonchev–Trinajstić information content (AvgIpc) is 3.40. The predicted octanol–water partition coefficient (Wildman–Crippen LogP) is 8.19. The minimum absolute atomic E-state index is 0.403. The van der Waals surface area contributed by atoms with Gasteiger partial charge in [0.1, 0.15) is 0 Å².